The van der Waals surface area contributed by atoms with Gasteiger partial charge < -0.3 is 4.74 Å². The second-order valence-corrected chi connectivity index (χ2v) is 6.41. The largest absolute Gasteiger partial charge is 0.497 e. The van der Waals surface area contributed by atoms with Gasteiger partial charge in [0.25, 0.3) is 10.2 Å². The monoisotopic (exact) mass is 298 g/mol. The molecule has 0 aliphatic heterocycles. The van der Waals surface area contributed by atoms with Crippen molar-refractivity contribution < 1.29 is 13.2 Å². The Kier molecular flexibility index (Phi) is 4.20. The van der Waals surface area contributed by atoms with Crippen LogP contribution >= 0.6 is 11.3 Å². The van der Waals surface area contributed by atoms with Gasteiger partial charge in [0.15, 0.2) is 0 Å². The Morgan fingerprint density at radius 3 is 2.47 bits per heavy atom. The minimum Gasteiger partial charge on any atom is -0.497 e. The third kappa shape index (κ3) is 4.03. The number of methoxy groups -OCH3 is 1. The topological polar surface area (TPSA) is 81.4 Å². The van der Waals surface area contributed by atoms with E-state index < -0.39 is 10.2 Å². The molecule has 7 heteroatoms. The number of thiophene rings is 1. The molecule has 5 nitrogen and oxygen atoms in total. The molecule has 19 heavy (non-hydrogen) atoms. The molecule has 0 aliphatic carbocycles. The van der Waals surface area contributed by atoms with Gasteiger partial charge >= 0.3 is 0 Å². The van der Waals surface area contributed by atoms with E-state index in [2.05, 4.69) is 4.72 Å². The van der Waals surface area contributed by atoms with E-state index in [1.165, 1.54) is 11.3 Å². The first-order valence-corrected chi connectivity index (χ1v) is 7.85. The highest BCUT2D eigenvalue weighted by Crippen LogP contribution is 2.29. The lowest BCUT2D eigenvalue weighted by molar-refractivity contribution is 0.415. The molecule has 102 valence electrons. The highest BCUT2D eigenvalue weighted by atomic mass is 32.2. The Hall–Kier alpha value is -1.41. The van der Waals surface area contributed by atoms with Gasteiger partial charge in [-0.05, 0) is 42.0 Å². The molecule has 0 atom stereocenters. The third-order valence-electron chi connectivity index (χ3n) is 2.48. The van der Waals surface area contributed by atoms with Crippen LogP contribution in [0.15, 0.2) is 36.4 Å². The Labute approximate surface area is 116 Å². The molecule has 0 fully saturated rings. The molecule has 1 aromatic heterocycles. The van der Waals surface area contributed by atoms with Crippen molar-refractivity contribution in [3.05, 3.63) is 41.3 Å². The van der Waals surface area contributed by atoms with E-state index in [0.717, 1.165) is 21.1 Å². The maximum atomic E-state index is 10.8. The van der Waals surface area contributed by atoms with Crippen molar-refractivity contribution in [1.29, 1.82) is 0 Å². The number of rotatable bonds is 5. The summed E-state index contributed by atoms with van der Waals surface area (Å²) in [5.41, 5.74) is 1.06. The maximum absolute atomic E-state index is 10.8. The Bertz CT molecular complexity index is 648. The Morgan fingerprint density at radius 2 is 1.89 bits per heavy atom. The predicted molar refractivity (Wildman–Crippen MR) is 76.3 cm³/mol. The summed E-state index contributed by atoms with van der Waals surface area (Å²) >= 11 is 1.52. The average Bonchev–Trinajstić information content (AvgIpc) is 2.84. The summed E-state index contributed by atoms with van der Waals surface area (Å²) in [5, 5.41) is 4.89. The fraction of sp³-hybridized carbons (Fsp3) is 0.167. The predicted octanol–water partition coefficient (Wildman–Crippen LogP) is 1.72. The van der Waals surface area contributed by atoms with Crippen LogP contribution in [-0.4, -0.2) is 15.5 Å². The maximum Gasteiger partial charge on any atom is 0.274 e. The van der Waals surface area contributed by atoms with Gasteiger partial charge in [-0.15, -0.1) is 11.3 Å². The van der Waals surface area contributed by atoms with Crippen molar-refractivity contribution in [3.8, 4) is 16.2 Å². The quantitative estimate of drug-likeness (QED) is 0.882. The molecule has 1 heterocycles. The zero-order valence-corrected chi connectivity index (χ0v) is 11.9. The van der Waals surface area contributed by atoms with Crippen LogP contribution in [0.2, 0.25) is 0 Å². The molecule has 0 aliphatic rings. The number of hydrogen-bond acceptors (Lipinski definition) is 4. The Balaban J connectivity index is 2.11. The molecule has 1 aromatic carbocycles. The number of nitrogens with two attached hydrogens (primary N) is 1. The molecule has 0 saturated heterocycles. The summed E-state index contributed by atoms with van der Waals surface area (Å²) in [4.78, 5) is 1.97. The zero-order chi connectivity index (χ0) is 13.9. The molecular formula is C12H14N2O3S2. The van der Waals surface area contributed by atoms with Gasteiger partial charge in [0.1, 0.15) is 5.75 Å². The van der Waals surface area contributed by atoms with Gasteiger partial charge in [0.05, 0.1) is 7.11 Å². The molecule has 0 bridgehead atoms. The summed E-state index contributed by atoms with van der Waals surface area (Å²) in [6, 6.07) is 11.5. The molecule has 0 amide bonds. The summed E-state index contributed by atoms with van der Waals surface area (Å²) in [5.74, 6) is 0.802. The van der Waals surface area contributed by atoms with Crippen LogP contribution in [0.4, 0.5) is 0 Å². The van der Waals surface area contributed by atoms with Crippen LogP contribution in [0.25, 0.3) is 10.4 Å². The minimum atomic E-state index is -3.65. The third-order valence-corrected chi connectivity index (χ3v) is 4.16. The average molecular weight is 298 g/mol. The molecule has 2 aromatic rings. The van der Waals surface area contributed by atoms with E-state index in [9.17, 15) is 8.42 Å². The minimum absolute atomic E-state index is 0.208. The fourth-order valence-corrected chi connectivity index (χ4v) is 2.96. The highest BCUT2D eigenvalue weighted by molar-refractivity contribution is 7.87. The van der Waals surface area contributed by atoms with Crippen molar-refractivity contribution in [2.24, 2.45) is 5.14 Å². The SMILES string of the molecule is COc1ccc(-c2ccc(CNS(N)(=O)=O)s2)cc1. The van der Waals surface area contributed by atoms with E-state index in [-0.39, 0.29) is 6.54 Å². The van der Waals surface area contributed by atoms with Crippen molar-refractivity contribution >= 4 is 21.5 Å². The first-order chi connectivity index (χ1) is 8.98. The Morgan fingerprint density at radius 1 is 1.21 bits per heavy atom. The van der Waals surface area contributed by atoms with E-state index in [1.807, 2.05) is 36.4 Å². The summed E-state index contributed by atoms with van der Waals surface area (Å²) in [7, 11) is -2.02. The summed E-state index contributed by atoms with van der Waals surface area (Å²) in [6.45, 7) is 0.208. The van der Waals surface area contributed by atoms with E-state index >= 15 is 0 Å². The van der Waals surface area contributed by atoms with Gasteiger partial charge in [-0.25, -0.2) is 5.14 Å². The van der Waals surface area contributed by atoms with Gasteiger partial charge in [0, 0.05) is 16.3 Å². The lowest BCUT2D eigenvalue weighted by atomic mass is 10.2. The second kappa shape index (κ2) is 5.70. The lowest BCUT2D eigenvalue weighted by Gasteiger charge is -2.01. The van der Waals surface area contributed by atoms with Crippen LogP contribution in [-0.2, 0) is 16.8 Å². The molecule has 0 unspecified atom stereocenters. The molecule has 0 spiro atoms. The van der Waals surface area contributed by atoms with Crippen molar-refractivity contribution in [3.63, 3.8) is 0 Å². The molecule has 0 saturated carbocycles. The smallest absolute Gasteiger partial charge is 0.274 e. The van der Waals surface area contributed by atoms with Gasteiger partial charge in [-0.1, -0.05) is 0 Å². The second-order valence-electron chi connectivity index (χ2n) is 3.86. The van der Waals surface area contributed by atoms with Gasteiger partial charge in [-0.3, -0.25) is 0 Å². The molecular weight excluding hydrogens is 284 g/mol. The standard InChI is InChI=1S/C12H14N2O3S2/c1-17-10-4-2-9(3-5-10)12-7-6-11(18-12)8-14-19(13,15)16/h2-7,14H,8H2,1H3,(H2,13,15,16). The number of hydrogen-bond donors (Lipinski definition) is 2. The van der Waals surface area contributed by atoms with Crippen molar-refractivity contribution in [2.45, 2.75) is 6.54 Å². The summed E-state index contributed by atoms with van der Waals surface area (Å²) in [6.07, 6.45) is 0. The van der Waals surface area contributed by atoms with Gasteiger partial charge in [0.2, 0.25) is 0 Å². The van der Waals surface area contributed by atoms with Crippen LogP contribution < -0.4 is 14.6 Å². The molecule has 0 radical (unpaired) electrons. The van der Waals surface area contributed by atoms with Gasteiger partial charge in [-0.2, -0.15) is 13.1 Å². The highest BCUT2D eigenvalue weighted by Gasteiger charge is 2.06. The first kappa shape index (κ1) is 14.0. The lowest BCUT2D eigenvalue weighted by Crippen LogP contribution is -2.29. The van der Waals surface area contributed by atoms with Crippen LogP contribution in [0.1, 0.15) is 4.88 Å². The number of nitrogens with one attached hydrogen (secondary N) is 1. The normalized spacial score (nSPS) is 11.5. The van der Waals surface area contributed by atoms with E-state index in [1.54, 1.807) is 7.11 Å². The van der Waals surface area contributed by atoms with E-state index in [4.69, 9.17) is 9.88 Å². The number of benzene rings is 1. The van der Waals surface area contributed by atoms with E-state index in [0.29, 0.717) is 0 Å². The first-order valence-electron chi connectivity index (χ1n) is 5.48. The van der Waals surface area contributed by atoms with Crippen LogP contribution in [0, 0.1) is 0 Å². The molecule has 2 rings (SSSR count). The number of ether oxygens (including phenoxy) is 1. The van der Waals surface area contributed by atoms with Crippen molar-refractivity contribution in [1.82, 2.24) is 4.72 Å². The van der Waals surface area contributed by atoms with Crippen LogP contribution in [0.3, 0.4) is 0 Å². The van der Waals surface area contributed by atoms with Crippen LogP contribution in [0.5, 0.6) is 5.75 Å². The molecule has 3 N–H and O–H groups in total. The zero-order valence-electron chi connectivity index (χ0n) is 10.3. The fourth-order valence-electron chi connectivity index (χ4n) is 1.56. The van der Waals surface area contributed by atoms with Crippen molar-refractivity contribution in [2.75, 3.05) is 7.11 Å². The summed E-state index contributed by atoms with van der Waals surface area (Å²) < 4.78 is 29.0.